The molecule has 3 N–H and O–H groups in total. The summed E-state index contributed by atoms with van der Waals surface area (Å²) in [6.45, 7) is 0. The highest BCUT2D eigenvalue weighted by molar-refractivity contribution is 5.94. The van der Waals surface area contributed by atoms with E-state index in [1.165, 1.54) is 0 Å². The third kappa shape index (κ3) is 2.76. The first-order chi connectivity index (χ1) is 8.69. The molecule has 0 atom stereocenters. The maximum absolute atomic E-state index is 11.3. The molecule has 0 unspecified atom stereocenters. The molecule has 0 spiro atoms. The van der Waals surface area contributed by atoms with E-state index in [9.17, 15) is 4.79 Å². The molecule has 1 heterocycles. The number of anilines is 1. The maximum Gasteiger partial charge on any atom is 0.251 e. The first kappa shape index (κ1) is 11.9. The molecular weight excluding hydrogens is 230 g/mol. The number of nitrogens with zero attached hydrogens (tertiary/aromatic N) is 1. The minimum atomic E-state index is -0.129. The van der Waals surface area contributed by atoms with Crippen molar-refractivity contribution in [3.63, 3.8) is 0 Å². The van der Waals surface area contributed by atoms with Crippen molar-refractivity contribution in [2.24, 2.45) is 0 Å². The topological polar surface area (TPSA) is 77.2 Å². The van der Waals surface area contributed by atoms with Crippen molar-refractivity contribution < 1.29 is 9.53 Å². The molecule has 0 aliphatic carbocycles. The fourth-order valence-corrected chi connectivity index (χ4v) is 1.41. The highest BCUT2D eigenvalue weighted by atomic mass is 16.5. The second kappa shape index (κ2) is 5.18. The smallest absolute Gasteiger partial charge is 0.251 e. The van der Waals surface area contributed by atoms with Crippen LogP contribution in [0, 0.1) is 0 Å². The number of nitrogens with two attached hydrogens (primary N) is 1. The quantitative estimate of drug-likeness (QED) is 0.862. The number of ether oxygens (including phenoxy) is 1. The third-order valence-corrected chi connectivity index (χ3v) is 2.34. The number of benzene rings is 1. The molecule has 1 amide bonds. The Kier molecular flexibility index (Phi) is 3.43. The van der Waals surface area contributed by atoms with Crippen molar-refractivity contribution in [1.82, 2.24) is 10.3 Å². The number of carbonyl (C=O) groups excluding carboxylic acids is 1. The van der Waals surface area contributed by atoms with Crippen LogP contribution in [0.2, 0.25) is 0 Å². The molecule has 0 fully saturated rings. The Morgan fingerprint density at radius 1 is 1.17 bits per heavy atom. The minimum Gasteiger partial charge on any atom is -0.456 e. The lowest BCUT2D eigenvalue weighted by Crippen LogP contribution is -2.17. The fraction of sp³-hybridized carbons (Fsp3) is 0.0769. The van der Waals surface area contributed by atoms with Crippen molar-refractivity contribution in [3.8, 4) is 11.5 Å². The molecule has 0 saturated carbocycles. The van der Waals surface area contributed by atoms with Crippen LogP contribution in [0.4, 0.5) is 5.82 Å². The average molecular weight is 243 g/mol. The summed E-state index contributed by atoms with van der Waals surface area (Å²) in [5, 5.41) is 2.55. The second-order valence-corrected chi connectivity index (χ2v) is 3.62. The number of hydrogen-bond donors (Lipinski definition) is 2. The number of nitrogens with one attached hydrogen (secondary N) is 1. The van der Waals surface area contributed by atoms with Gasteiger partial charge >= 0.3 is 0 Å². The number of rotatable bonds is 3. The van der Waals surface area contributed by atoms with Crippen molar-refractivity contribution in [3.05, 3.63) is 48.2 Å². The van der Waals surface area contributed by atoms with Crippen LogP contribution in [0.1, 0.15) is 10.4 Å². The molecule has 2 rings (SSSR count). The number of amides is 1. The van der Waals surface area contributed by atoms with Gasteiger partial charge in [-0.25, -0.2) is 4.98 Å². The van der Waals surface area contributed by atoms with Crippen LogP contribution in [0.25, 0.3) is 0 Å². The first-order valence-electron chi connectivity index (χ1n) is 5.40. The van der Waals surface area contributed by atoms with Crippen molar-refractivity contribution in [2.45, 2.75) is 0 Å². The van der Waals surface area contributed by atoms with Gasteiger partial charge in [0.2, 0.25) is 0 Å². The van der Waals surface area contributed by atoms with Gasteiger partial charge in [-0.05, 0) is 36.4 Å². The standard InChI is InChI=1S/C13H13N3O2/c1-15-13(17)9-2-4-10(5-3-9)18-11-6-7-12(14)16-8-11/h2-8H,1H3,(H2,14,16)(H,15,17). The number of nitrogen functional groups attached to an aromatic ring is 1. The number of aromatic nitrogens is 1. The van der Waals surface area contributed by atoms with E-state index in [4.69, 9.17) is 10.5 Å². The molecule has 2 aromatic rings. The van der Waals surface area contributed by atoms with E-state index >= 15 is 0 Å². The van der Waals surface area contributed by atoms with Gasteiger partial charge in [0.1, 0.15) is 17.3 Å². The highest BCUT2D eigenvalue weighted by Gasteiger charge is 2.03. The van der Waals surface area contributed by atoms with Gasteiger partial charge < -0.3 is 15.8 Å². The highest BCUT2D eigenvalue weighted by Crippen LogP contribution is 2.21. The van der Waals surface area contributed by atoms with Crippen molar-refractivity contribution in [2.75, 3.05) is 12.8 Å². The van der Waals surface area contributed by atoms with E-state index < -0.39 is 0 Å². The summed E-state index contributed by atoms with van der Waals surface area (Å²) in [5.74, 6) is 1.54. The van der Waals surface area contributed by atoms with E-state index in [0.29, 0.717) is 22.9 Å². The summed E-state index contributed by atoms with van der Waals surface area (Å²) in [7, 11) is 1.59. The monoisotopic (exact) mass is 243 g/mol. The van der Waals surface area contributed by atoms with Crippen LogP contribution >= 0.6 is 0 Å². The molecular formula is C13H13N3O2. The Balaban J connectivity index is 2.10. The van der Waals surface area contributed by atoms with Crippen LogP contribution in [0.3, 0.4) is 0 Å². The SMILES string of the molecule is CNC(=O)c1ccc(Oc2ccc(N)nc2)cc1. The summed E-state index contributed by atoms with van der Waals surface area (Å²) >= 11 is 0. The predicted molar refractivity (Wildman–Crippen MR) is 68.6 cm³/mol. The van der Waals surface area contributed by atoms with E-state index in [1.54, 1.807) is 49.6 Å². The van der Waals surface area contributed by atoms with E-state index in [1.807, 2.05) is 0 Å². The van der Waals surface area contributed by atoms with Crippen molar-refractivity contribution in [1.29, 1.82) is 0 Å². The van der Waals surface area contributed by atoms with Crippen LogP contribution in [0.5, 0.6) is 11.5 Å². The molecule has 0 radical (unpaired) electrons. The van der Waals surface area contributed by atoms with Crippen molar-refractivity contribution >= 4 is 11.7 Å². The van der Waals surface area contributed by atoms with E-state index in [2.05, 4.69) is 10.3 Å². The lowest BCUT2D eigenvalue weighted by atomic mass is 10.2. The zero-order chi connectivity index (χ0) is 13.0. The molecule has 18 heavy (non-hydrogen) atoms. The zero-order valence-electron chi connectivity index (χ0n) is 9.88. The van der Waals surface area contributed by atoms with Gasteiger partial charge in [0, 0.05) is 12.6 Å². The summed E-state index contributed by atoms with van der Waals surface area (Å²) in [4.78, 5) is 15.3. The van der Waals surface area contributed by atoms with Gasteiger partial charge in [-0.1, -0.05) is 0 Å². The van der Waals surface area contributed by atoms with Crippen LogP contribution in [-0.2, 0) is 0 Å². The Hall–Kier alpha value is -2.56. The Morgan fingerprint density at radius 3 is 2.39 bits per heavy atom. The molecule has 92 valence electrons. The molecule has 0 aliphatic rings. The summed E-state index contributed by atoms with van der Waals surface area (Å²) < 4.78 is 5.55. The molecule has 1 aromatic carbocycles. The average Bonchev–Trinajstić information content (AvgIpc) is 2.41. The minimum absolute atomic E-state index is 0.129. The van der Waals surface area contributed by atoms with Crippen LogP contribution in [0.15, 0.2) is 42.6 Å². The molecule has 0 saturated heterocycles. The van der Waals surface area contributed by atoms with Gasteiger partial charge in [-0.15, -0.1) is 0 Å². The molecule has 0 bridgehead atoms. The van der Waals surface area contributed by atoms with E-state index in [-0.39, 0.29) is 5.91 Å². The lowest BCUT2D eigenvalue weighted by Gasteiger charge is -2.06. The number of hydrogen-bond acceptors (Lipinski definition) is 4. The normalized spacial score (nSPS) is 9.83. The fourth-order valence-electron chi connectivity index (χ4n) is 1.41. The van der Waals surface area contributed by atoms with Crippen LogP contribution in [-0.4, -0.2) is 17.9 Å². The molecule has 5 heteroatoms. The molecule has 5 nitrogen and oxygen atoms in total. The lowest BCUT2D eigenvalue weighted by molar-refractivity contribution is 0.0963. The number of pyridine rings is 1. The van der Waals surface area contributed by atoms with Gasteiger partial charge in [-0.2, -0.15) is 0 Å². The Morgan fingerprint density at radius 2 is 1.83 bits per heavy atom. The Labute approximate surface area is 105 Å². The first-order valence-corrected chi connectivity index (χ1v) is 5.40. The number of carbonyl (C=O) groups is 1. The molecule has 0 aliphatic heterocycles. The predicted octanol–water partition coefficient (Wildman–Crippen LogP) is 1.82. The van der Waals surface area contributed by atoms with E-state index in [0.717, 1.165) is 0 Å². The van der Waals surface area contributed by atoms with Crippen LogP contribution < -0.4 is 15.8 Å². The molecule has 1 aromatic heterocycles. The summed E-state index contributed by atoms with van der Waals surface area (Å²) in [6, 6.07) is 10.2. The van der Waals surface area contributed by atoms with Gasteiger partial charge in [0.25, 0.3) is 5.91 Å². The van der Waals surface area contributed by atoms with Gasteiger partial charge in [0.15, 0.2) is 0 Å². The van der Waals surface area contributed by atoms with Gasteiger partial charge in [0.05, 0.1) is 6.20 Å². The second-order valence-electron chi connectivity index (χ2n) is 3.62. The maximum atomic E-state index is 11.3. The summed E-state index contributed by atoms with van der Waals surface area (Å²) in [5.41, 5.74) is 6.06. The Bertz CT molecular complexity index is 535. The largest absolute Gasteiger partial charge is 0.456 e. The zero-order valence-corrected chi connectivity index (χ0v) is 9.88. The third-order valence-electron chi connectivity index (χ3n) is 2.34. The summed E-state index contributed by atoms with van der Waals surface area (Å²) in [6.07, 6.45) is 1.54. The van der Waals surface area contributed by atoms with Gasteiger partial charge in [-0.3, -0.25) is 4.79 Å².